The molecule has 0 aromatic carbocycles. The first-order valence-electron chi connectivity index (χ1n) is 3.08. The van der Waals surface area contributed by atoms with Gasteiger partial charge in [-0.25, -0.2) is 9.78 Å². The van der Waals surface area contributed by atoms with Crippen LogP contribution in [0.15, 0.2) is 10.9 Å². The molecule has 12 heavy (non-hydrogen) atoms. The van der Waals surface area contributed by atoms with Crippen LogP contribution in [-0.4, -0.2) is 28.5 Å². The minimum Gasteiger partial charge on any atom is -0.465 e. The van der Waals surface area contributed by atoms with Gasteiger partial charge in [0.05, 0.1) is 12.1 Å². The van der Waals surface area contributed by atoms with E-state index in [2.05, 4.69) is 4.98 Å². The number of carbonyl (C=O) groups is 2. The van der Waals surface area contributed by atoms with Crippen LogP contribution in [-0.2, 0) is 0 Å². The predicted octanol–water partition coefficient (Wildman–Crippen LogP) is 0.593. The smallest absolute Gasteiger partial charge is 0.405 e. The molecule has 0 radical (unpaired) electrons. The van der Waals surface area contributed by atoms with Crippen LogP contribution in [0.4, 0.5) is 4.79 Å². The average molecular weight is 186 g/mol. The van der Waals surface area contributed by atoms with E-state index in [0.29, 0.717) is 5.69 Å². The van der Waals surface area contributed by atoms with E-state index in [9.17, 15) is 9.59 Å². The first kappa shape index (κ1) is 8.66. The van der Waals surface area contributed by atoms with Crippen LogP contribution in [0.25, 0.3) is 0 Å². The SMILES string of the molecule is O=C(O)NCC(=O)c1cscn1. The summed E-state index contributed by atoms with van der Waals surface area (Å²) in [6.45, 7) is -0.223. The second-order valence-corrected chi connectivity index (χ2v) is 2.67. The number of aromatic nitrogens is 1. The molecule has 0 unspecified atom stereocenters. The zero-order valence-electron chi connectivity index (χ0n) is 5.98. The number of amides is 1. The molecule has 6 heteroatoms. The van der Waals surface area contributed by atoms with Crippen LogP contribution in [0.1, 0.15) is 10.5 Å². The molecule has 0 fully saturated rings. The number of rotatable bonds is 3. The van der Waals surface area contributed by atoms with Crippen molar-refractivity contribution >= 4 is 23.2 Å². The third-order valence-electron chi connectivity index (χ3n) is 1.12. The zero-order valence-corrected chi connectivity index (χ0v) is 6.80. The maximum atomic E-state index is 11.0. The van der Waals surface area contributed by atoms with Gasteiger partial charge in [0.15, 0.2) is 0 Å². The lowest BCUT2D eigenvalue weighted by Gasteiger charge is -1.95. The van der Waals surface area contributed by atoms with Gasteiger partial charge in [0.2, 0.25) is 5.78 Å². The van der Waals surface area contributed by atoms with E-state index in [1.807, 2.05) is 5.32 Å². The molecule has 5 nitrogen and oxygen atoms in total. The van der Waals surface area contributed by atoms with Gasteiger partial charge in [0.1, 0.15) is 5.69 Å². The van der Waals surface area contributed by atoms with Crippen LogP contribution in [0.2, 0.25) is 0 Å². The Bertz CT molecular complexity index is 283. The van der Waals surface area contributed by atoms with E-state index in [-0.39, 0.29) is 12.3 Å². The Hall–Kier alpha value is -1.43. The molecule has 0 saturated heterocycles. The van der Waals surface area contributed by atoms with Gasteiger partial charge < -0.3 is 10.4 Å². The van der Waals surface area contributed by atoms with Crippen LogP contribution >= 0.6 is 11.3 Å². The number of thiazole rings is 1. The van der Waals surface area contributed by atoms with Crippen LogP contribution in [0.5, 0.6) is 0 Å². The van der Waals surface area contributed by atoms with Gasteiger partial charge in [-0.05, 0) is 0 Å². The Balaban J connectivity index is 2.45. The number of carbonyl (C=O) groups excluding carboxylic acids is 1. The Morgan fingerprint density at radius 2 is 2.42 bits per heavy atom. The molecule has 0 aliphatic rings. The molecule has 0 bridgehead atoms. The minimum absolute atomic E-state index is 0.223. The van der Waals surface area contributed by atoms with E-state index < -0.39 is 6.09 Å². The van der Waals surface area contributed by atoms with Gasteiger partial charge in [-0.15, -0.1) is 11.3 Å². The summed E-state index contributed by atoms with van der Waals surface area (Å²) in [6, 6.07) is 0. The van der Waals surface area contributed by atoms with Crippen molar-refractivity contribution in [3.8, 4) is 0 Å². The molecular formula is C6H6N2O3S. The third-order valence-corrected chi connectivity index (χ3v) is 1.70. The lowest BCUT2D eigenvalue weighted by molar-refractivity contribution is 0.0983. The Morgan fingerprint density at radius 1 is 1.67 bits per heavy atom. The van der Waals surface area contributed by atoms with Gasteiger partial charge in [-0.3, -0.25) is 4.79 Å². The molecule has 0 atom stereocenters. The molecule has 1 amide bonds. The second kappa shape index (κ2) is 3.82. The van der Waals surface area contributed by atoms with E-state index in [1.165, 1.54) is 16.8 Å². The lowest BCUT2D eigenvalue weighted by atomic mass is 10.3. The summed E-state index contributed by atoms with van der Waals surface area (Å²) in [7, 11) is 0. The largest absolute Gasteiger partial charge is 0.465 e. The van der Waals surface area contributed by atoms with Gasteiger partial charge in [-0.1, -0.05) is 0 Å². The standard InChI is InChI=1S/C6H6N2O3S/c9-5(1-7-6(10)11)4-2-12-3-8-4/h2-3,7H,1H2,(H,10,11). The van der Waals surface area contributed by atoms with E-state index >= 15 is 0 Å². The van der Waals surface area contributed by atoms with Crippen molar-refractivity contribution in [2.75, 3.05) is 6.54 Å². The monoisotopic (exact) mass is 186 g/mol. The fourth-order valence-electron chi connectivity index (χ4n) is 0.597. The first-order chi connectivity index (χ1) is 5.70. The number of nitrogens with one attached hydrogen (secondary N) is 1. The van der Waals surface area contributed by atoms with Crippen molar-refractivity contribution in [2.24, 2.45) is 0 Å². The second-order valence-electron chi connectivity index (χ2n) is 1.96. The molecule has 64 valence electrons. The highest BCUT2D eigenvalue weighted by Gasteiger charge is 2.07. The van der Waals surface area contributed by atoms with Gasteiger partial charge in [-0.2, -0.15) is 0 Å². The molecule has 0 saturated carbocycles. The highest BCUT2D eigenvalue weighted by atomic mass is 32.1. The van der Waals surface area contributed by atoms with E-state index in [1.54, 1.807) is 5.38 Å². The van der Waals surface area contributed by atoms with Gasteiger partial charge in [0.25, 0.3) is 0 Å². The molecule has 1 aromatic rings. The highest BCUT2D eigenvalue weighted by molar-refractivity contribution is 7.07. The van der Waals surface area contributed by atoms with Crippen molar-refractivity contribution in [3.05, 3.63) is 16.6 Å². The van der Waals surface area contributed by atoms with Crippen molar-refractivity contribution in [2.45, 2.75) is 0 Å². The Morgan fingerprint density at radius 3 is 2.92 bits per heavy atom. The molecule has 2 N–H and O–H groups in total. The number of ketones is 1. The third kappa shape index (κ3) is 2.31. The van der Waals surface area contributed by atoms with E-state index in [0.717, 1.165) is 0 Å². The summed E-state index contributed by atoms with van der Waals surface area (Å²) in [5.74, 6) is -0.321. The van der Waals surface area contributed by atoms with Crippen LogP contribution in [0.3, 0.4) is 0 Å². The maximum Gasteiger partial charge on any atom is 0.405 e. The van der Waals surface area contributed by atoms with Crippen molar-refractivity contribution in [1.29, 1.82) is 0 Å². The summed E-state index contributed by atoms with van der Waals surface area (Å²) in [5, 5.41) is 11.7. The molecule has 0 aliphatic heterocycles. The number of Topliss-reactive ketones (excluding diaryl/α,β-unsaturated/α-hetero) is 1. The number of hydrogen-bond donors (Lipinski definition) is 2. The molecule has 1 heterocycles. The van der Waals surface area contributed by atoms with Crippen molar-refractivity contribution in [1.82, 2.24) is 10.3 Å². The first-order valence-corrected chi connectivity index (χ1v) is 4.02. The summed E-state index contributed by atoms with van der Waals surface area (Å²) in [6.07, 6.45) is -1.21. The Labute approximate surface area is 72.1 Å². The topological polar surface area (TPSA) is 79.3 Å². The summed E-state index contributed by atoms with van der Waals surface area (Å²) in [5.41, 5.74) is 1.82. The lowest BCUT2D eigenvalue weighted by Crippen LogP contribution is -2.27. The van der Waals surface area contributed by atoms with Crippen LogP contribution in [0, 0.1) is 0 Å². The summed E-state index contributed by atoms with van der Waals surface area (Å²) >= 11 is 1.30. The summed E-state index contributed by atoms with van der Waals surface area (Å²) in [4.78, 5) is 24.8. The molecule has 1 rings (SSSR count). The molecule has 0 spiro atoms. The number of nitrogens with zero attached hydrogens (tertiary/aromatic N) is 1. The molecule has 0 aliphatic carbocycles. The summed E-state index contributed by atoms with van der Waals surface area (Å²) < 4.78 is 0. The quantitative estimate of drug-likeness (QED) is 0.677. The van der Waals surface area contributed by atoms with Crippen LogP contribution < -0.4 is 5.32 Å². The van der Waals surface area contributed by atoms with Crippen molar-refractivity contribution < 1.29 is 14.7 Å². The Kier molecular flexibility index (Phi) is 2.76. The minimum atomic E-state index is -1.21. The fourth-order valence-corrected chi connectivity index (χ4v) is 1.15. The zero-order chi connectivity index (χ0) is 8.97. The van der Waals surface area contributed by atoms with Gasteiger partial charge in [0, 0.05) is 5.38 Å². The highest BCUT2D eigenvalue weighted by Crippen LogP contribution is 2.00. The normalized spacial score (nSPS) is 9.33. The maximum absolute atomic E-state index is 11.0. The van der Waals surface area contributed by atoms with E-state index in [4.69, 9.17) is 5.11 Å². The van der Waals surface area contributed by atoms with Crippen molar-refractivity contribution in [3.63, 3.8) is 0 Å². The molecular weight excluding hydrogens is 180 g/mol. The number of carboxylic acid groups (broad SMARTS) is 1. The molecule has 1 aromatic heterocycles. The fraction of sp³-hybridized carbons (Fsp3) is 0.167. The van der Waals surface area contributed by atoms with Gasteiger partial charge >= 0.3 is 6.09 Å². The number of hydrogen-bond acceptors (Lipinski definition) is 4. The average Bonchev–Trinajstić information content (AvgIpc) is 2.51. The predicted molar refractivity (Wildman–Crippen MR) is 42.5 cm³/mol.